The average Bonchev–Trinajstić information content (AvgIpc) is 2.53. The van der Waals surface area contributed by atoms with Gasteiger partial charge in [0.2, 0.25) is 5.79 Å². The SMILES string of the molecule is CC(C)(C)OC(=O)COC(CO)(OCC(=O)OC(C)(C)C)c1ccncc1. The molecule has 152 valence electrons. The van der Waals surface area contributed by atoms with Crippen LogP contribution in [0.1, 0.15) is 47.1 Å². The van der Waals surface area contributed by atoms with Gasteiger partial charge in [0.25, 0.3) is 0 Å². The number of aliphatic hydroxyl groups excluding tert-OH is 1. The summed E-state index contributed by atoms with van der Waals surface area (Å²) >= 11 is 0. The fourth-order valence-electron chi connectivity index (χ4n) is 2.09. The van der Waals surface area contributed by atoms with E-state index in [-0.39, 0.29) is 0 Å². The minimum Gasteiger partial charge on any atom is -0.458 e. The number of aliphatic hydroxyl groups is 1. The van der Waals surface area contributed by atoms with Gasteiger partial charge in [0.1, 0.15) is 31.0 Å². The fraction of sp³-hybridized carbons (Fsp3) is 0.632. The van der Waals surface area contributed by atoms with Crippen molar-refractivity contribution in [2.45, 2.75) is 58.5 Å². The second kappa shape index (κ2) is 9.25. The lowest BCUT2D eigenvalue weighted by molar-refractivity contribution is -0.267. The molecule has 0 unspecified atom stereocenters. The minimum atomic E-state index is -1.74. The zero-order chi connectivity index (χ0) is 20.7. The van der Waals surface area contributed by atoms with Gasteiger partial charge in [-0.25, -0.2) is 9.59 Å². The third-order valence-electron chi connectivity index (χ3n) is 3.01. The normalized spacial score (nSPS) is 12.6. The molecule has 1 aromatic rings. The lowest BCUT2D eigenvalue weighted by atomic mass is 10.1. The highest BCUT2D eigenvalue weighted by molar-refractivity contribution is 5.71. The molecule has 1 aromatic heterocycles. The van der Waals surface area contributed by atoms with Crippen LogP contribution in [0.25, 0.3) is 0 Å². The van der Waals surface area contributed by atoms with Gasteiger partial charge in [-0.1, -0.05) is 0 Å². The summed E-state index contributed by atoms with van der Waals surface area (Å²) in [7, 11) is 0. The highest BCUT2D eigenvalue weighted by Gasteiger charge is 2.37. The Labute approximate surface area is 159 Å². The number of carbonyl (C=O) groups excluding carboxylic acids is 2. The molecule has 0 saturated heterocycles. The first-order valence-corrected chi connectivity index (χ1v) is 8.60. The molecule has 0 fully saturated rings. The largest absolute Gasteiger partial charge is 0.458 e. The molecule has 0 radical (unpaired) electrons. The van der Waals surface area contributed by atoms with E-state index in [9.17, 15) is 14.7 Å². The smallest absolute Gasteiger partial charge is 0.332 e. The molecular formula is C19H29NO7. The topological polar surface area (TPSA) is 104 Å². The third kappa shape index (κ3) is 8.47. The van der Waals surface area contributed by atoms with Gasteiger partial charge in [0, 0.05) is 18.0 Å². The van der Waals surface area contributed by atoms with Crippen LogP contribution in [0.2, 0.25) is 0 Å². The highest BCUT2D eigenvalue weighted by Crippen LogP contribution is 2.27. The number of esters is 2. The predicted octanol–water partition coefficient (Wildman–Crippen LogP) is 1.94. The maximum Gasteiger partial charge on any atom is 0.332 e. The van der Waals surface area contributed by atoms with E-state index in [1.54, 1.807) is 53.7 Å². The van der Waals surface area contributed by atoms with Crippen LogP contribution in [0.3, 0.4) is 0 Å². The number of ether oxygens (including phenoxy) is 4. The van der Waals surface area contributed by atoms with Crippen LogP contribution in [-0.4, -0.2) is 53.1 Å². The fourth-order valence-corrected chi connectivity index (χ4v) is 2.09. The molecule has 27 heavy (non-hydrogen) atoms. The van der Waals surface area contributed by atoms with E-state index >= 15 is 0 Å². The lowest BCUT2D eigenvalue weighted by Crippen LogP contribution is -2.41. The van der Waals surface area contributed by atoms with E-state index in [0.29, 0.717) is 5.56 Å². The van der Waals surface area contributed by atoms with Crippen molar-refractivity contribution in [3.05, 3.63) is 30.1 Å². The second-order valence-electron chi connectivity index (χ2n) is 7.90. The summed E-state index contributed by atoms with van der Waals surface area (Å²) in [6, 6.07) is 3.11. The van der Waals surface area contributed by atoms with Gasteiger partial charge in [-0.15, -0.1) is 0 Å². The molecule has 1 N–H and O–H groups in total. The van der Waals surface area contributed by atoms with Crippen LogP contribution in [0.5, 0.6) is 0 Å². The minimum absolute atomic E-state index is 0.395. The third-order valence-corrected chi connectivity index (χ3v) is 3.01. The zero-order valence-electron chi connectivity index (χ0n) is 16.8. The molecule has 0 aliphatic carbocycles. The lowest BCUT2D eigenvalue weighted by Gasteiger charge is -2.32. The summed E-state index contributed by atoms with van der Waals surface area (Å²) in [6.45, 7) is 8.78. The van der Waals surface area contributed by atoms with Crippen LogP contribution < -0.4 is 0 Å². The number of carbonyl (C=O) groups is 2. The first kappa shape index (κ1) is 23.0. The van der Waals surface area contributed by atoms with Crippen LogP contribution in [-0.2, 0) is 34.3 Å². The molecule has 0 bridgehead atoms. The van der Waals surface area contributed by atoms with Crippen molar-refractivity contribution in [3.8, 4) is 0 Å². The molecule has 0 saturated carbocycles. The molecule has 0 aliphatic heterocycles. The van der Waals surface area contributed by atoms with Gasteiger partial charge in [-0.05, 0) is 53.7 Å². The molecule has 1 heterocycles. The Kier molecular flexibility index (Phi) is 7.89. The Hall–Kier alpha value is -2.03. The quantitative estimate of drug-likeness (QED) is 0.536. The Morgan fingerprint density at radius 1 is 0.889 bits per heavy atom. The van der Waals surface area contributed by atoms with Crippen molar-refractivity contribution in [1.29, 1.82) is 0 Å². The number of aromatic nitrogens is 1. The Balaban J connectivity index is 2.92. The van der Waals surface area contributed by atoms with Crippen molar-refractivity contribution in [1.82, 2.24) is 4.98 Å². The summed E-state index contributed by atoms with van der Waals surface area (Å²) in [5.74, 6) is -3.00. The van der Waals surface area contributed by atoms with Crippen LogP contribution in [0.4, 0.5) is 0 Å². The number of nitrogens with zero attached hydrogens (tertiary/aromatic N) is 1. The van der Waals surface area contributed by atoms with E-state index in [1.807, 2.05) is 0 Å². The van der Waals surface area contributed by atoms with Crippen molar-refractivity contribution in [2.24, 2.45) is 0 Å². The Morgan fingerprint density at radius 3 is 1.63 bits per heavy atom. The van der Waals surface area contributed by atoms with Crippen LogP contribution in [0.15, 0.2) is 24.5 Å². The van der Waals surface area contributed by atoms with Crippen LogP contribution >= 0.6 is 0 Å². The van der Waals surface area contributed by atoms with Crippen LogP contribution in [0, 0.1) is 0 Å². The first-order valence-electron chi connectivity index (χ1n) is 8.60. The number of rotatable bonds is 8. The van der Waals surface area contributed by atoms with E-state index in [0.717, 1.165) is 0 Å². The van der Waals surface area contributed by atoms with E-state index in [1.165, 1.54) is 12.4 Å². The molecule has 8 heteroatoms. The standard InChI is InChI=1S/C19H29NO7/c1-17(2,3)26-15(22)11-24-19(13-21,14-7-9-20-10-8-14)25-12-16(23)27-18(4,5)6/h7-10,21H,11-13H2,1-6H3. The molecule has 0 spiro atoms. The molecule has 1 rings (SSSR count). The van der Waals surface area contributed by atoms with E-state index < -0.39 is 48.7 Å². The number of pyridine rings is 1. The van der Waals surface area contributed by atoms with Gasteiger partial charge in [0.15, 0.2) is 0 Å². The maximum absolute atomic E-state index is 12.0. The Bertz CT molecular complexity index is 585. The summed E-state index contributed by atoms with van der Waals surface area (Å²) in [4.78, 5) is 27.9. The van der Waals surface area contributed by atoms with E-state index in [4.69, 9.17) is 18.9 Å². The van der Waals surface area contributed by atoms with Gasteiger partial charge in [-0.3, -0.25) is 4.98 Å². The summed E-state index contributed by atoms with van der Waals surface area (Å²) < 4.78 is 21.5. The molecular weight excluding hydrogens is 354 g/mol. The maximum atomic E-state index is 12.0. The van der Waals surface area contributed by atoms with Crippen molar-refractivity contribution in [2.75, 3.05) is 19.8 Å². The molecule has 0 atom stereocenters. The van der Waals surface area contributed by atoms with Gasteiger partial charge in [0.05, 0.1) is 0 Å². The van der Waals surface area contributed by atoms with Crippen molar-refractivity contribution >= 4 is 11.9 Å². The first-order chi connectivity index (χ1) is 12.4. The highest BCUT2D eigenvalue weighted by atomic mass is 16.7. The number of hydrogen-bond donors (Lipinski definition) is 1. The zero-order valence-corrected chi connectivity index (χ0v) is 16.8. The second-order valence-corrected chi connectivity index (χ2v) is 7.90. The molecule has 0 aromatic carbocycles. The van der Waals surface area contributed by atoms with Crippen molar-refractivity contribution in [3.63, 3.8) is 0 Å². The summed E-state index contributed by atoms with van der Waals surface area (Å²) in [6.07, 6.45) is 2.96. The van der Waals surface area contributed by atoms with E-state index in [2.05, 4.69) is 4.98 Å². The summed E-state index contributed by atoms with van der Waals surface area (Å²) in [5, 5.41) is 9.95. The van der Waals surface area contributed by atoms with Crippen molar-refractivity contribution < 1.29 is 33.6 Å². The molecule has 8 nitrogen and oxygen atoms in total. The average molecular weight is 383 g/mol. The molecule has 0 aliphatic rings. The van der Waals surface area contributed by atoms with Gasteiger partial charge in [-0.2, -0.15) is 0 Å². The number of hydrogen-bond acceptors (Lipinski definition) is 8. The Morgan fingerprint density at radius 2 is 1.30 bits per heavy atom. The monoisotopic (exact) mass is 383 g/mol. The molecule has 0 amide bonds. The predicted molar refractivity (Wildman–Crippen MR) is 96.6 cm³/mol. The van der Waals surface area contributed by atoms with Gasteiger partial charge >= 0.3 is 11.9 Å². The van der Waals surface area contributed by atoms with Gasteiger partial charge < -0.3 is 24.1 Å². The summed E-state index contributed by atoms with van der Waals surface area (Å²) in [5.41, 5.74) is -0.973.